The lowest BCUT2D eigenvalue weighted by atomic mass is 9.89. The third-order valence-electron chi connectivity index (χ3n) is 3.15. The van der Waals surface area contributed by atoms with E-state index in [2.05, 4.69) is 5.16 Å². The molecule has 0 aliphatic heterocycles. The monoisotopic (exact) mass is 265 g/mol. The summed E-state index contributed by atoms with van der Waals surface area (Å²) in [6, 6.07) is 7.18. The third kappa shape index (κ3) is 3.84. The van der Waals surface area contributed by atoms with Gasteiger partial charge in [-0.2, -0.15) is 0 Å². The summed E-state index contributed by atoms with van der Waals surface area (Å²) in [7, 11) is 0. The van der Waals surface area contributed by atoms with E-state index in [0.29, 0.717) is 5.02 Å². The van der Waals surface area contributed by atoms with Gasteiger partial charge in [0.25, 0.3) is 0 Å². The van der Waals surface area contributed by atoms with Gasteiger partial charge in [-0.1, -0.05) is 48.2 Å². The minimum absolute atomic E-state index is 0.0288. The average molecular weight is 266 g/mol. The molecule has 1 saturated carbocycles. The molecule has 0 amide bonds. The van der Waals surface area contributed by atoms with E-state index in [0.717, 1.165) is 31.2 Å². The largest absolute Gasteiger partial charge is 0.338 e. The number of oxime groups is 1. The maximum Gasteiger partial charge on any atom is 0.338 e. The predicted molar refractivity (Wildman–Crippen MR) is 71.7 cm³/mol. The number of hydrogen-bond donors (Lipinski definition) is 0. The van der Waals surface area contributed by atoms with Gasteiger partial charge >= 0.3 is 5.97 Å². The smallest absolute Gasteiger partial charge is 0.318 e. The second-order valence-electron chi connectivity index (χ2n) is 4.53. The lowest BCUT2D eigenvalue weighted by molar-refractivity contribution is -0.149. The zero-order valence-electron chi connectivity index (χ0n) is 10.1. The van der Waals surface area contributed by atoms with Crippen LogP contribution in [-0.2, 0) is 9.63 Å². The number of carbonyl (C=O) groups excluding carboxylic acids is 1. The van der Waals surface area contributed by atoms with Gasteiger partial charge in [0, 0.05) is 5.02 Å². The van der Waals surface area contributed by atoms with E-state index in [1.165, 1.54) is 12.6 Å². The van der Waals surface area contributed by atoms with Gasteiger partial charge in [-0.15, -0.1) is 0 Å². The molecule has 0 bridgehead atoms. The Morgan fingerprint density at radius 1 is 1.22 bits per heavy atom. The highest BCUT2D eigenvalue weighted by atomic mass is 35.5. The zero-order valence-corrected chi connectivity index (χ0v) is 10.9. The first-order chi connectivity index (χ1) is 8.75. The van der Waals surface area contributed by atoms with Crippen molar-refractivity contribution >= 4 is 23.8 Å². The van der Waals surface area contributed by atoms with Gasteiger partial charge in [-0.25, -0.2) is 4.79 Å². The molecule has 0 aromatic heterocycles. The Hall–Kier alpha value is -1.35. The molecule has 18 heavy (non-hydrogen) atoms. The molecule has 96 valence electrons. The Balaban J connectivity index is 1.83. The Bertz CT molecular complexity index is 422. The Morgan fingerprint density at radius 2 is 1.89 bits per heavy atom. The minimum atomic E-state index is -0.208. The van der Waals surface area contributed by atoms with Crippen molar-refractivity contribution in [1.82, 2.24) is 0 Å². The second-order valence-corrected chi connectivity index (χ2v) is 4.97. The van der Waals surface area contributed by atoms with Crippen LogP contribution in [0.25, 0.3) is 0 Å². The zero-order chi connectivity index (χ0) is 12.8. The summed E-state index contributed by atoms with van der Waals surface area (Å²) in [5, 5.41) is 4.40. The molecule has 2 rings (SSSR count). The van der Waals surface area contributed by atoms with E-state index in [1.807, 2.05) is 12.1 Å². The van der Waals surface area contributed by atoms with Crippen molar-refractivity contribution < 1.29 is 9.63 Å². The van der Waals surface area contributed by atoms with E-state index in [9.17, 15) is 4.79 Å². The topological polar surface area (TPSA) is 38.7 Å². The molecule has 0 heterocycles. The van der Waals surface area contributed by atoms with Gasteiger partial charge in [-0.3, -0.25) is 0 Å². The number of rotatable bonds is 3. The van der Waals surface area contributed by atoms with Crippen molar-refractivity contribution in [1.29, 1.82) is 0 Å². The quantitative estimate of drug-likeness (QED) is 0.474. The highest BCUT2D eigenvalue weighted by Crippen LogP contribution is 2.24. The highest BCUT2D eigenvalue weighted by molar-refractivity contribution is 6.30. The maximum atomic E-state index is 11.7. The van der Waals surface area contributed by atoms with Crippen LogP contribution in [0.4, 0.5) is 0 Å². The number of benzene rings is 1. The molecule has 1 aliphatic carbocycles. The van der Waals surface area contributed by atoms with Crippen molar-refractivity contribution in [2.75, 3.05) is 0 Å². The molecule has 1 aromatic carbocycles. The van der Waals surface area contributed by atoms with Crippen molar-refractivity contribution in [3.8, 4) is 0 Å². The fourth-order valence-corrected chi connectivity index (χ4v) is 2.23. The van der Waals surface area contributed by atoms with Crippen LogP contribution in [0.5, 0.6) is 0 Å². The average Bonchev–Trinajstić information content (AvgIpc) is 2.42. The summed E-state index contributed by atoms with van der Waals surface area (Å²) in [5.74, 6) is -0.180. The van der Waals surface area contributed by atoms with Crippen molar-refractivity contribution in [3.63, 3.8) is 0 Å². The van der Waals surface area contributed by atoms with Crippen LogP contribution in [0.2, 0.25) is 5.02 Å². The lowest BCUT2D eigenvalue weighted by Gasteiger charge is -2.17. The predicted octanol–water partition coefficient (Wildman–Crippen LogP) is 3.80. The first-order valence-electron chi connectivity index (χ1n) is 6.25. The molecule has 1 aliphatic rings. The van der Waals surface area contributed by atoms with Gasteiger partial charge in [0.15, 0.2) is 0 Å². The molecule has 0 unspecified atom stereocenters. The van der Waals surface area contributed by atoms with Crippen LogP contribution in [0.15, 0.2) is 29.4 Å². The number of halogens is 1. The molecular formula is C14H16ClNO2. The van der Waals surface area contributed by atoms with Crippen molar-refractivity contribution in [3.05, 3.63) is 34.9 Å². The fourth-order valence-electron chi connectivity index (χ4n) is 2.10. The number of hydrogen-bond acceptors (Lipinski definition) is 3. The van der Waals surface area contributed by atoms with Crippen LogP contribution in [0.1, 0.15) is 37.7 Å². The van der Waals surface area contributed by atoms with Crippen LogP contribution in [0.3, 0.4) is 0 Å². The summed E-state index contributed by atoms with van der Waals surface area (Å²) in [6.07, 6.45) is 6.82. The van der Waals surface area contributed by atoms with Gasteiger partial charge in [0.2, 0.25) is 0 Å². The molecule has 1 aromatic rings. The van der Waals surface area contributed by atoms with E-state index >= 15 is 0 Å². The summed E-state index contributed by atoms with van der Waals surface area (Å²) in [6.45, 7) is 0. The summed E-state index contributed by atoms with van der Waals surface area (Å²) in [4.78, 5) is 16.6. The number of carbonyl (C=O) groups is 1. The molecule has 0 spiro atoms. The molecule has 0 saturated heterocycles. The van der Waals surface area contributed by atoms with Gasteiger partial charge < -0.3 is 4.84 Å². The van der Waals surface area contributed by atoms with Gasteiger partial charge in [-0.05, 0) is 30.5 Å². The molecule has 0 N–H and O–H groups in total. The SMILES string of the molecule is O=C(O/N=C/c1ccc(Cl)cc1)C1CCCCC1. The summed E-state index contributed by atoms with van der Waals surface area (Å²) in [5.41, 5.74) is 0.857. The van der Waals surface area contributed by atoms with Crippen molar-refractivity contribution in [2.24, 2.45) is 11.1 Å². The number of nitrogens with zero attached hydrogens (tertiary/aromatic N) is 1. The van der Waals surface area contributed by atoms with Gasteiger partial charge in [0.1, 0.15) is 0 Å². The van der Waals surface area contributed by atoms with E-state index in [1.54, 1.807) is 12.1 Å². The molecule has 3 nitrogen and oxygen atoms in total. The lowest BCUT2D eigenvalue weighted by Crippen LogP contribution is -2.18. The van der Waals surface area contributed by atoms with Crippen LogP contribution in [-0.4, -0.2) is 12.2 Å². The molecule has 4 heteroatoms. The standard InChI is InChI=1S/C14H16ClNO2/c15-13-8-6-11(7-9-13)10-16-18-14(17)12-4-2-1-3-5-12/h6-10,12H,1-5H2/b16-10+. The van der Waals surface area contributed by atoms with Crippen molar-refractivity contribution in [2.45, 2.75) is 32.1 Å². The maximum absolute atomic E-state index is 11.7. The molecule has 0 radical (unpaired) electrons. The van der Waals surface area contributed by atoms with E-state index in [4.69, 9.17) is 16.4 Å². The second kappa shape index (κ2) is 6.55. The first-order valence-corrected chi connectivity index (χ1v) is 6.63. The fraction of sp³-hybridized carbons (Fsp3) is 0.429. The van der Waals surface area contributed by atoms with Crippen LogP contribution < -0.4 is 0 Å². The van der Waals surface area contributed by atoms with E-state index in [-0.39, 0.29) is 11.9 Å². The Kier molecular flexibility index (Phi) is 4.76. The third-order valence-corrected chi connectivity index (χ3v) is 3.40. The van der Waals surface area contributed by atoms with Crippen LogP contribution in [0, 0.1) is 5.92 Å². The van der Waals surface area contributed by atoms with Crippen LogP contribution >= 0.6 is 11.6 Å². The van der Waals surface area contributed by atoms with Gasteiger partial charge in [0.05, 0.1) is 12.1 Å². The summed E-state index contributed by atoms with van der Waals surface area (Å²) >= 11 is 5.77. The summed E-state index contributed by atoms with van der Waals surface area (Å²) < 4.78 is 0. The van der Waals surface area contributed by atoms with E-state index < -0.39 is 0 Å². The minimum Gasteiger partial charge on any atom is -0.318 e. The molecular weight excluding hydrogens is 250 g/mol. The highest BCUT2D eigenvalue weighted by Gasteiger charge is 2.22. The Labute approximate surface area is 112 Å². The molecule has 0 atom stereocenters. The Morgan fingerprint density at radius 3 is 2.56 bits per heavy atom. The first kappa shape index (κ1) is 13.1. The molecule has 1 fully saturated rings. The normalized spacial score (nSPS) is 16.9.